The van der Waals surface area contributed by atoms with Crippen LogP contribution in [0.4, 0.5) is 0 Å². The van der Waals surface area contributed by atoms with Crippen LogP contribution in [-0.2, 0) is 11.9 Å². The number of hydrogen-bond acceptors (Lipinski definition) is 5. The highest BCUT2D eigenvalue weighted by Gasteiger charge is 2.41. The van der Waals surface area contributed by atoms with Crippen LogP contribution in [0.5, 0.6) is 0 Å². The highest BCUT2D eigenvalue weighted by molar-refractivity contribution is 7.98. The van der Waals surface area contributed by atoms with Gasteiger partial charge in [0.05, 0.1) is 22.7 Å². The van der Waals surface area contributed by atoms with Gasteiger partial charge in [-0.25, -0.2) is 5.06 Å². The number of aromatic nitrogens is 2. The minimum Gasteiger partial charge on any atom is -0.291 e. The minimum atomic E-state index is -1.28. The van der Waals surface area contributed by atoms with E-state index in [1.807, 2.05) is 6.26 Å². The van der Waals surface area contributed by atoms with E-state index in [0.29, 0.717) is 21.2 Å². The van der Waals surface area contributed by atoms with Crippen LogP contribution in [-0.4, -0.2) is 45.4 Å². The van der Waals surface area contributed by atoms with Crippen molar-refractivity contribution >= 4 is 46.7 Å². The second-order valence-electron chi connectivity index (χ2n) is 6.02. The maximum absolute atomic E-state index is 13.0. The van der Waals surface area contributed by atoms with E-state index >= 15 is 0 Å². The Morgan fingerprint density at radius 3 is 2.46 bits per heavy atom. The highest BCUT2D eigenvalue weighted by Crippen LogP contribution is 2.29. The fourth-order valence-corrected chi connectivity index (χ4v) is 3.39. The molecule has 0 bridgehead atoms. The van der Waals surface area contributed by atoms with E-state index in [9.17, 15) is 9.59 Å². The molecular formula is C17H19Cl2N3O3S. The van der Waals surface area contributed by atoms with Crippen LogP contribution in [0.3, 0.4) is 0 Å². The summed E-state index contributed by atoms with van der Waals surface area (Å²) < 4.78 is 1.54. The quantitative estimate of drug-likeness (QED) is 0.403. The summed E-state index contributed by atoms with van der Waals surface area (Å²) in [7, 11) is 3.07. The number of benzene rings is 1. The Hall–Kier alpha value is -1.54. The van der Waals surface area contributed by atoms with E-state index in [1.54, 1.807) is 43.9 Å². The van der Waals surface area contributed by atoms with Crippen molar-refractivity contribution in [3.63, 3.8) is 0 Å². The highest BCUT2D eigenvalue weighted by atomic mass is 35.5. The molecule has 0 saturated carbocycles. The Morgan fingerprint density at radius 1 is 1.27 bits per heavy atom. The molecular weight excluding hydrogens is 397 g/mol. The van der Waals surface area contributed by atoms with E-state index in [-0.39, 0.29) is 10.8 Å². The van der Waals surface area contributed by atoms with Gasteiger partial charge in [0.25, 0.3) is 5.91 Å². The topological polar surface area (TPSA) is 64.4 Å². The van der Waals surface area contributed by atoms with Crippen molar-refractivity contribution in [2.24, 2.45) is 7.05 Å². The molecule has 0 N–H and O–H groups in total. The van der Waals surface area contributed by atoms with Crippen molar-refractivity contribution in [2.75, 3.05) is 13.4 Å². The molecule has 0 aliphatic rings. The number of Topliss-reactive ketones (excluding diaryl/α,β-unsaturated/α-hetero) is 1. The lowest BCUT2D eigenvalue weighted by Crippen LogP contribution is -2.52. The first-order valence-corrected chi connectivity index (χ1v) is 9.57. The number of nitrogens with zero attached hydrogens (tertiary/aromatic N) is 3. The number of thioether (sulfide) groups is 1. The molecule has 0 spiro atoms. The van der Waals surface area contributed by atoms with Gasteiger partial charge in [0.1, 0.15) is 10.6 Å². The van der Waals surface area contributed by atoms with E-state index in [0.717, 1.165) is 5.06 Å². The maximum atomic E-state index is 13.0. The number of ketones is 1. The number of carbonyl (C=O) groups excluding carboxylic acids is 2. The van der Waals surface area contributed by atoms with E-state index in [4.69, 9.17) is 28.0 Å². The van der Waals surface area contributed by atoms with E-state index in [2.05, 4.69) is 5.10 Å². The molecule has 1 heterocycles. The minimum absolute atomic E-state index is 0.264. The summed E-state index contributed by atoms with van der Waals surface area (Å²) in [5.41, 5.74) is -0.596. The van der Waals surface area contributed by atoms with Crippen LogP contribution in [0.15, 0.2) is 29.4 Å². The molecule has 1 aromatic carbocycles. The van der Waals surface area contributed by atoms with Crippen molar-refractivity contribution in [2.45, 2.75) is 24.4 Å². The van der Waals surface area contributed by atoms with E-state index < -0.39 is 11.4 Å². The molecule has 0 aliphatic carbocycles. The second kappa shape index (κ2) is 8.00. The molecule has 0 fully saturated rings. The zero-order valence-corrected chi connectivity index (χ0v) is 17.4. The fourth-order valence-electron chi connectivity index (χ4n) is 2.52. The molecule has 1 amide bonds. The number of amides is 1. The van der Waals surface area contributed by atoms with Crippen LogP contribution in [0.1, 0.15) is 34.6 Å². The van der Waals surface area contributed by atoms with Gasteiger partial charge in [-0.05, 0) is 38.3 Å². The van der Waals surface area contributed by atoms with Crippen molar-refractivity contribution in [1.82, 2.24) is 14.8 Å². The number of aryl methyl sites for hydroxylation is 1. The van der Waals surface area contributed by atoms with Crippen LogP contribution >= 0.6 is 35.0 Å². The molecule has 1 aromatic heterocycles. The Labute approximate surface area is 166 Å². The van der Waals surface area contributed by atoms with Crippen LogP contribution in [0.25, 0.3) is 0 Å². The first-order chi connectivity index (χ1) is 12.1. The molecule has 2 rings (SSSR count). The normalized spacial score (nSPS) is 11.5. The predicted octanol–water partition coefficient (Wildman–Crippen LogP) is 4.11. The molecule has 0 aliphatic heterocycles. The lowest BCUT2D eigenvalue weighted by Gasteiger charge is -2.34. The summed E-state index contributed by atoms with van der Waals surface area (Å²) in [5.74, 6) is -0.788. The number of halogens is 2. The summed E-state index contributed by atoms with van der Waals surface area (Å²) in [4.78, 5) is 31.3. The first kappa shape index (κ1) is 20.8. The van der Waals surface area contributed by atoms with E-state index in [1.165, 1.54) is 24.9 Å². The van der Waals surface area contributed by atoms with Gasteiger partial charge in [0.15, 0.2) is 5.78 Å². The molecule has 2 aromatic rings. The third-order valence-corrected chi connectivity index (χ3v) is 5.26. The summed E-state index contributed by atoms with van der Waals surface area (Å²) in [6.07, 6.45) is 3.42. The Morgan fingerprint density at radius 2 is 1.92 bits per heavy atom. The molecule has 9 heteroatoms. The van der Waals surface area contributed by atoms with Crippen molar-refractivity contribution in [3.05, 3.63) is 45.6 Å². The second-order valence-corrected chi connectivity index (χ2v) is 7.63. The van der Waals surface area contributed by atoms with Gasteiger partial charge in [0, 0.05) is 18.8 Å². The molecule has 0 atom stereocenters. The van der Waals surface area contributed by atoms with Crippen LogP contribution < -0.4 is 0 Å². The van der Waals surface area contributed by atoms with Crippen molar-refractivity contribution in [1.29, 1.82) is 0 Å². The average molecular weight is 416 g/mol. The number of hydrogen-bond donors (Lipinski definition) is 0. The third kappa shape index (κ3) is 3.91. The predicted molar refractivity (Wildman–Crippen MR) is 103 cm³/mol. The van der Waals surface area contributed by atoms with Gasteiger partial charge in [-0.1, -0.05) is 23.2 Å². The number of rotatable bonds is 6. The molecule has 140 valence electrons. The van der Waals surface area contributed by atoms with Gasteiger partial charge in [-0.2, -0.15) is 5.10 Å². The van der Waals surface area contributed by atoms with Crippen molar-refractivity contribution in [3.8, 4) is 0 Å². The van der Waals surface area contributed by atoms with Gasteiger partial charge in [0.2, 0.25) is 0 Å². The summed E-state index contributed by atoms with van der Waals surface area (Å²) >= 11 is 13.3. The van der Waals surface area contributed by atoms with Gasteiger partial charge in [-0.3, -0.25) is 19.1 Å². The fraction of sp³-hybridized carbons (Fsp3) is 0.353. The van der Waals surface area contributed by atoms with Gasteiger partial charge < -0.3 is 0 Å². The zero-order valence-electron chi connectivity index (χ0n) is 15.0. The van der Waals surface area contributed by atoms with Gasteiger partial charge in [-0.15, -0.1) is 11.8 Å². The molecule has 26 heavy (non-hydrogen) atoms. The first-order valence-electron chi connectivity index (χ1n) is 7.59. The molecule has 0 unspecified atom stereocenters. The zero-order chi connectivity index (χ0) is 19.6. The van der Waals surface area contributed by atoms with Crippen molar-refractivity contribution < 1.29 is 14.4 Å². The lowest BCUT2D eigenvalue weighted by atomic mass is 9.92. The summed E-state index contributed by atoms with van der Waals surface area (Å²) in [5, 5.41) is 6.45. The third-order valence-electron chi connectivity index (χ3n) is 3.83. The van der Waals surface area contributed by atoms with Crippen LogP contribution in [0, 0.1) is 0 Å². The largest absolute Gasteiger partial charge is 0.291 e. The SMILES string of the molecule is CON(C(=O)c1cn(C)nc1SC)C(C)(C)C(=O)c1ccc(Cl)c(Cl)c1. The molecule has 0 saturated heterocycles. The number of hydroxylamine groups is 2. The summed E-state index contributed by atoms with van der Waals surface area (Å²) in [6, 6.07) is 4.58. The maximum Gasteiger partial charge on any atom is 0.282 e. The Bertz CT molecular complexity index is 852. The lowest BCUT2D eigenvalue weighted by molar-refractivity contribution is -0.138. The summed E-state index contributed by atoms with van der Waals surface area (Å²) in [6.45, 7) is 3.21. The van der Waals surface area contributed by atoms with Gasteiger partial charge >= 0.3 is 0 Å². The Balaban J connectivity index is 2.41. The average Bonchev–Trinajstić information content (AvgIpc) is 2.98. The standard InChI is InChI=1S/C17H19Cl2N3O3S/c1-17(2,14(23)10-6-7-12(18)13(19)8-10)22(25-4)16(24)11-9-21(3)20-15(11)26-5/h6-9H,1-5H3. The smallest absolute Gasteiger partial charge is 0.282 e. The molecule has 6 nitrogen and oxygen atoms in total. The molecule has 0 radical (unpaired) electrons. The number of carbonyl (C=O) groups is 2. The van der Waals surface area contributed by atoms with Crippen LogP contribution in [0.2, 0.25) is 10.0 Å². The Kier molecular flexibility index (Phi) is 6.39. The monoisotopic (exact) mass is 415 g/mol.